The molecule has 25 heavy (non-hydrogen) atoms. The van der Waals surface area contributed by atoms with E-state index in [1.165, 1.54) is 31.2 Å². The van der Waals surface area contributed by atoms with Crippen molar-refractivity contribution in [3.05, 3.63) is 53.9 Å². The fourth-order valence-electron chi connectivity index (χ4n) is 2.75. The maximum Gasteiger partial charge on any atom is 0.165 e. The molecule has 2 rings (SSSR count). The van der Waals surface area contributed by atoms with E-state index in [9.17, 15) is 0 Å². The van der Waals surface area contributed by atoms with Crippen molar-refractivity contribution in [3.8, 4) is 11.5 Å². The van der Waals surface area contributed by atoms with Gasteiger partial charge in [-0.15, -0.1) is 0 Å². The second-order valence-corrected chi connectivity index (χ2v) is 6.18. The number of nitrogens with one attached hydrogen (secondary N) is 1. The van der Waals surface area contributed by atoms with Crippen molar-refractivity contribution in [2.75, 3.05) is 13.7 Å². The summed E-state index contributed by atoms with van der Waals surface area (Å²) in [6, 6.07) is 10.1. The Morgan fingerprint density at radius 2 is 1.88 bits per heavy atom. The second kappa shape index (κ2) is 11.5. The molecule has 0 spiro atoms. The smallest absolute Gasteiger partial charge is 0.165 e. The van der Waals surface area contributed by atoms with E-state index in [1.54, 1.807) is 13.3 Å². The summed E-state index contributed by atoms with van der Waals surface area (Å²) in [5.41, 5.74) is 2.29. The summed E-state index contributed by atoms with van der Waals surface area (Å²) >= 11 is 0. The van der Waals surface area contributed by atoms with Crippen LogP contribution in [0.25, 0.3) is 0 Å². The Balaban J connectivity index is 1.88. The van der Waals surface area contributed by atoms with E-state index in [2.05, 4.69) is 29.4 Å². The number of benzene rings is 1. The van der Waals surface area contributed by atoms with Gasteiger partial charge in [-0.3, -0.25) is 4.98 Å². The molecule has 0 bridgehead atoms. The number of aromatic nitrogens is 1. The summed E-state index contributed by atoms with van der Waals surface area (Å²) in [6.45, 7) is 4.48. The molecule has 0 unspecified atom stereocenters. The maximum atomic E-state index is 6.06. The molecule has 136 valence electrons. The molecule has 0 atom stereocenters. The lowest BCUT2D eigenvalue weighted by Gasteiger charge is -2.15. The molecule has 1 aromatic heterocycles. The molecular formula is C21H30N2O2. The van der Waals surface area contributed by atoms with Crippen LogP contribution >= 0.6 is 0 Å². The highest BCUT2D eigenvalue weighted by atomic mass is 16.5. The number of hydrogen-bond donors (Lipinski definition) is 1. The van der Waals surface area contributed by atoms with E-state index in [0.29, 0.717) is 0 Å². The molecule has 0 saturated heterocycles. The van der Waals surface area contributed by atoms with Crippen molar-refractivity contribution in [1.82, 2.24) is 10.3 Å². The Kier molecular flexibility index (Phi) is 8.84. The third-order valence-electron chi connectivity index (χ3n) is 4.14. The molecule has 0 aliphatic rings. The van der Waals surface area contributed by atoms with Crippen LogP contribution in [0, 0.1) is 0 Å². The quantitative estimate of drug-likeness (QED) is 0.566. The summed E-state index contributed by atoms with van der Waals surface area (Å²) in [5, 5.41) is 3.45. The highest BCUT2D eigenvalue weighted by Gasteiger charge is 2.10. The van der Waals surface area contributed by atoms with Crippen LogP contribution in [0.5, 0.6) is 11.5 Å². The first-order valence-corrected chi connectivity index (χ1v) is 9.23. The normalized spacial score (nSPS) is 10.6. The van der Waals surface area contributed by atoms with Crippen LogP contribution in [0.1, 0.15) is 50.2 Å². The van der Waals surface area contributed by atoms with Crippen LogP contribution in [0.3, 0.4) is 0 Å². The van der Waals surface area contributed by atoms with Crippen LogP contribution in [-0.4, -0.2) is 18.7 Å². The molecule has 4 nitrogen and oxygen atoms in total. The van der Waals surface area contributed by atoms with E-state index in [1.807, 2.05) is 24.4 Å². The van der Waals surface area contributed by atoms with Gasteiger partial charge < -0.3 is 14.8 Å². The van der Waals surface area contributed by atoms with Crippen LogP contribution in [0.4, 0.5) is 0 Å². The fraction of sp³-hybridized carbons (Fsp3) is 0.476. The number of ether oxygens (including phenoxy) is 2. The monoisotopic (exact) mass is 342 g/mol. The third kappa shape index (κ3) is 6.75. The van der Waals surface area contributed by atoms with Crippen molar-refractivity contribution in [1.29, 1.82) is 0 Å². The minimum absolute atomic E-state index is 0.733. The number of nitrogens with zero attached hydrogens (tertiary/aromatic N) is 1. The second-order valence-electron chi connectivity index (χ2n) is 6.18. The summed E-state index contributed by atoms with van der Waals surface area (Å²) in [7, 11) is 1.69. The number of methoxy groups -OCH3 is 1. The Hall–Kier alpha value is -2.07. The highest BCUT2D eigenvalue weighted by molar-refractivity contribution is 5.46. The van der Waals surface area contributed by atoms with Gasteiger partial charge in [0.05, 0.1) is 13.7 Å². The zero-order valence-electron chi connectivity index (χ0n) is 15.5. The first kappa shape index (κ1) is 19.3. The molecule has 0 aliphatic heterocycles. The standard InChI is InChI=1S/C21H30N2O2/c1-3-4-5-6-7-14-25-21-19(11-8-12-20(21)24-2)17-23-16-18-10-9-13-22-15-18/h8-13,15,23H,3-7,14,16-17H2,1-2H3. The summed E-state index contributed by atoms with van der Waals surface area (Å²) in [4.78, 5) is 4.14. The van der Waals surface area contributed by atoms with E-state index >= 15 is 0 Å². The summed E-state index contributed by atoms with van der Waals surface area (Å²) < 4.78 is 11.5. The molecule has 1 N–H and O–H groups in total. The zero-order valence-corrected chi connectivity index (χ0v) is 15.5. The predicted molar refractivity (Wildman–Crippen MR) is 102 cm³/mol. The Labute approximate surface area is 151 Å². The molecule has 1 aromatic carbocycles. The maximum absolute atomic E-state index is 6.06. The summed E-state index contributed by atoms with van der Waals surface area (Å²) in [6.07, 6.45) is 9.83. The first-order chi connectivity index (χ1) is 12.3. The van der Waals surface area contributed by atoms with Crippen LogP contribution in [-0.2, 0) is 13.1 Å². The lowest BCUT2D eigenvalue weighted by molar-refractivity contribution is 0.281. The molecular weight excluding hydrogens is 312 g/mol. The van der Waals surface area contributed by atoms with Crippen molar-refractivity contribution >= 4 is 0 Å². The van der Waals surface area contributed by atoms with Gasteiger partial charge in [-0.05, 0) is 24.1 Å². The lowest BCUT2D eigenvalue weighted by Crippen LogP contribution is -2.14. The highest BCUT2D eigenvalue weighted by Crippen LogP contribution is 2.31. The lowest BCUT2D eigenvalue weighted by atomic mass is 10.1. The molecule has 0 amide bonds. The molecule has 0 saturated carbocycles. The number of para-hydroxylation sites is 1. The molecule has 4 heteroatoms. The minimum Gasteiger partial charge on any atom is -0.493 e. The minimum atomic E-state index is 0.733. The molecule has 0 fully saturated rings. The van der Waals surface area contributed by atoms with Crippen molar-refractivity contribution < 1.29 is 9.47 Å². The van der Waals surface area contributed by atoms with Gasteiger partial charge in [0.1, 0.15) is 0 Å². The number of pyridine rings is 1. The average Bonchev–Trinajstić information content (AvgIpc) is 2.66. The predicted octanol–water partition coefficient (Wildman–Crippen LogP) is 4.73. The molecule has 1 heterocycles. The van der Waals surface area contributed by atoms with E-state index in [4.69, 9.17) is 9.47 Å². The SMILES string of the molecule is CCCCCCCOc1c(CNCc2cccnc2)cccc1OC. The molecule has 0 aliphatic carbocycles. The Morgan fingerprint density at radius 3 is 2.64 bits per heavy atom. The van der Waals surface area contributed by atoms with Gasteiger partial charge in [-0.25, -0.2) is 0 Å². The average molecular weight is 342 g/mol. The number of unbranched alkanes of at least 4 members (excludes halogenated alkanes) is 4. The first-order valence-electron chi connectivity index (χ1n) is 9.23. The number of rotatable bonds is 12. The third-order valence-corrected chi connectivity index (χ3v) is 4.14. The van der Waals surface area contributed by atoms with Gasteiger partial charge in [-0.2, -0.15) is 0 Å². The van der Waals surface area contributed by atoms with Gasteiger partial charge >= 0.3 is 0 Å². The van der Waals surface area contributed by atoms with Gasteiger partial charge in [0.25, 0.3) is 0 Å². The van der Waals surface area contributed by atoms with Gasteiger partial charge in [0.15, 0.2) is 11.5 Å². The van der Waals surface area contributed by atoms with Gasteiger partial charge in [0, 0.05) is 31.0 Å². The van der Waals surface area contributed by atoms with Crippen LogP contribution < -0.4 is 14.8 Å². The van der Waals surface area contributed by atoms with E-state index in [0.717, 1.165) is 43.2 Å². The molecule has 0 radical (unpaired) electrons. The largest absolute Gasteiger partial charge is 0.493 e. The van der Waals surface area contributed by atoms with Gasteiger partial charge in [-0.1, -0.05) is 50.8 Å². The van der Waals surface area contributed by atoms with E-state index < -0.39 is 0 Å². The summed E-state index contributed by atoms with van der Waals surface area (Å²) in [5.74, 6) is 1.66. The van der Waals surface area contributed by atoms with Crippen molar-refractivity contribution in [2.45, 2.75) is 52.1 Å². The van der Waals surface area contributed by atoms with Crippen LogP contribution in [0.15, 0.2) is 42.7 Å². The van der Waals surface area contributed by atoms with E-state index in [-0.39, 0.29) is 0 Å². The number of hydrogen-bond acceptors (Lipinski definition) is 4. The van der Waals surface area contributed by atoms with Gasteiger partial charge in [0.2, 0.25) is 0 Å². The topological polar surface area (TPSA) is 43.4 Å². The van der Waals surface area contributed by atoms with Crippen molar-refractivity contribution in [2.24, 2.45) is 0 Å². The van der Waals surface area contributed by atoms with Crippen molar-refractivity contribution in [3.63, 3.8) is 0 Å². The zero-order chi connectivity index (χ0) is 17.7. The molecule has 2 aromatic rings. The Bertz CT molecular complexity index is 602. The Morgan fingerprint density at radius 1 is 1.00 bits per heavy atom. The fourth-order valence-corrected chi connectivity index (χ4v) is 2.75. The van der Waals surface area contributed by atoms with Crippen LogP contribution in [0.2, 0.25) is 0 Å².